The zero-order valence-electron chi connectivity index (χ0n) is 14.9. The van der Waals surface area contributed by atoms with Crippen LogP contribution in [0.15, 0.2) is 4.79 Å². The van der Waals surface area contributed by atoms with Gasteiger partial charge in [-0.3, -0.25) is 4.79 Å². The summed E-state index contributed by atoms with van der Waals surface area (Å²) in [5.74, 6) is 1.50. The first-order valence-corrected chi connectivity index (χ1v) is 9.87. The molecule has 6 heteroatoms. The second-order valence-electron chi connectivity index (χ2n) is 6.85. The summed E-state index contributed by atoms with van der Waals surface area (Å²) in [6.45, 7) is 8.93. The average molecular weight is 351 g/mol. The maximum atomic E-state index is 12.6. The van der Waals surface area contributed by atoms with E-state index in [1.807, 2.05) is 6.92 Å². The summed E-state index contributed by atoms with van der Waals surface area (Å²) in [6, 6.07) is 0.154. The third kappa shape index (κ3) is 3.71. The molecule has 24 heavy (non-hydrogen) atoms. The monoisotopic (exact) mass is 350 g/mol. The molecule has 1 aliphatic rings. The van der Waals surface area contributed by atoms with Crippen molar-refractivity contribution in [2.75, 3.05) is 19.8 Å². The molecule has 0 spiro atoms. The molecule has 0 radical (unpaired) electrons. The molecule has 2 heterocycles. The van der Waals surface area contributed by atoms with E-state index < -0.39 is 0 Å². The average Bonchev–Trinajstić information content (AvgIpc) is 2.92. The summed E-state index contributed by atoms with van der Waals surface area (Å²) in [5.41, 5.74) is 1.29. The molecular weight excluding hydrogens is 322 g/mol. The van der Waals surface area contributed by atoms with Gasteiger partial charge in [-0.2, -0.15) is 0 Å². The molecular formula is C18H28N3O2S+. The number of H-pyrrole nitrogens is 1. The topological polar surface area (TPSA) is 71.6 Å². The van der Waals surface area contributed by atoms with Crippen LogP contribution in [0.4, 0.5) is 0 Å². The summed E-state index contributed by atoms with van der Waals surface area (Å²) in [6.07, 6.45) is 4.28. The fraction of sp³-hybridized carbons (Fsp3) is 0.667. The van der Waals surface area contributed by atoms with Crippen LogP contribution < -0.4 is 10.9 Å². The molecule has 5 nitrogen and oxygen atoms in total. The molecule has 0 amide bonds. The SMILES string of the molecule is CCOCCC[NH2+][C@@H](C)c1nc2sc3c(c2c(=O)[nH]1)CC[C@H](C)C3. The van der Waals surface area contributed by atoms with Gasteiger partial charge in [0.1, 0.15) is 10.9 Å². The molecule has 2 aromatic rings. The van der Waals surface area contributed by atoms with Gasteiger partial charge in [-0.1, -0.05) is 6.92 Å². The maximum absolute atomic E-state index is 12.6. The van der Waals surface area contributed by atoms with Crippen LogP contribution >= 0.6 is 11.3 Å². The Morgan fingerprint density at radius 3 is 3.12 bits per heavy atom. The Labute approximate surface area is 146 Å². The maximum Gasteiger partial charge on any atom is 0.260 e. The summed E-state index contributed by atoms with van der Waals surface area (Å²) in [5, 5.41) is 3.06. The van der Waals surface area contributed by atoms with Gasteiger partial charge in [-0.05, 0) is 44.6 Å². The van der Waals surface area contributed by atoms with E-state index in [1.54, 1.807) is 11.3 Å². The van der Waals surface area contributed by atoms with Gasteiger partial charge >= 0.3 is 0 Å². The minimum atomic E-state index is 0.0385. The Hall–Kier alpha value is -1.24. The van der Waals surface area contributed by atoms with E-state index in [9.17, 15) is 4.79 Å². The van der Waals surface area contributed by atoms with E-state index >= 15 is 0 Å². The summed E-state index contributed by atoms with van der Waals surface area (Å²) in [4.78, 5) is 22.7. The molecule has 0 bridgehead atoms. The van der Waals surface area contributed by atoms with Crippen molar-refractivity contribution < 1.29 is 10.1 Å². The molecule has 132 valence electrons. The number of hydrogen-bond acceptors (Lipinski definition) is 4. The van der Waals surface area contributed by atoms with Crippen LogP contribution in [0.1, 0.15) is 55.9 Å². The minimum absolute atomic E-state index is 0.0385. The summed E-state index contributed by atoms with van der Waals surface area (Å²) in [7, 11) is 0. The Bertz CT molecular complexity index is 753. The van der Waals surface area contributed by atoms with E-state index in [0.717, 1.165) is 55.1 Å². The highest BCUT2D eigenvalue weighted by Crippen LogP contribution is 2.35. The number of aryl methyl sites for hydroxylation is 1. The van der Waals surface area contributed by atoms with E-state index in [2.05, 4.69) is 24.1 Å². The second kappa shape index (κ2) is 7.76. The lowest BCUT2D eigenvalue weighted by Gasteiger charge is -2.17. The Balaban J connectivity index is 1.77. The highest BCUT2D eigenvalue weighted by Gasteiger charge is 2.24. The number of nitrogens with zero attached hydrogens (tertiary/aromatic N) is 1. The number of nitrogens with one attached hydrogen (secondary N) is 1. The molecule has 2 atom stereocenters. The molecule has 2 aromatic heterocycles. The molecule has 0 aromatic carbocycles. The number of hydrogen-bond donors (Lipinski definition) is 2. The zero-order chi connectivity index (χ0) is 17.1. The normalized spacial score (nSPS) is 18.7. The lowest BCUT2D eigenvalue weighted by Crippen LogP contribution is -2.85. The number of rotatable bonds is 7. The van der Waals surface area contributed by atoms with Crippen LogP contribution in [0.2, 0.25) is 0 Å². The number of aromatic nitrogens is 2. The smallest absolute Gasteiger partial charge is 0.260 e. The number of fused-ring (bicyclic) bond motifs is 3. The highest BCUT2D eigenvalue weighted by molar-refractivity contribution is 7.18. The van der Waals surface area contributed by atoms with Crippen LogP contribution in [-0.2, 0) is 17.6 Å². The molecule has 0 fully saturated rings. The van der Waals surface area contributed by atoms with Crippen LogP contribution in [0, 0.1) is 5.92 Å². The quantitative estimate of drug-likeness (QED) is 0.752. The van der Waals surface area contributed by atoms with Gasteiger partial charge in [0.25, 0.3) is 5.56 Å². The fourth-order valence-electron chi connectivity index (χ4n) is 3.39. The van der Waals surface area contributed by atoms with Crippen molar-refractivity contribution in [3.63, 3.8) is 0 Å². The van der Waals surface area contributed by atoms with Crippen molar-refractivity contribution in [2.45, 2.75) is 52.5 Å². The zero-order valence-corrected chi connectivity index (χ0v) is 15.7. The molecule has 0 saturated heterocycles. The third-order valence-corrected chi connectivity index (χ3v) is 5.98. The van der Waals surface area contributed by atoms with Gasteiger partial charge in [0.2, 0.25) is 0 Å². The Morgan fingerprint density at radius 1 is 1.50 bits per heavy atom. The highest BCUT2D eigenvalue weighted by atomic mass is 32.1. The van der Waals surface area contributed by atoms with Crippen molar-refractivity contribution in [1.29, 1.82) is 0 Å². The van der Waals surface area contributed by atoms with Gasteiger partial charge < -0.3 is 15.0 Å². The summed E-state index contributed by atoms with van der Waals surface area (Å²) >= 11 is 1.72. The van der Waals surface area contributed by atoms with Gasteiger partial charge in [-0.15, -0.1) is 11.3 Å². The van der Waals surface area contributed by atoms with Gasteiger partial charge in [0.05, 0.1) is 18.5 Å². The van der Waals surface area contributed by atoms with E-state index in [-0.39, 0.29) is 11.6 Å². The number of ether oxygens (including phenoxy) is 1. The number of thiophene rings is 1. The first-order valence-electron chi connectivity index (χ1n) is 9.05. The van der Waals surface area contributed by atoms with Crippen molar-refractivity contribution in [3.05, 3.63) is 26.6 Å². The number of nitrogens with two attached hydrogens (primary N) is 1. The minimum Gasteiger partial charge on any atom is -0.382 e. The first kappa shape index (κ1) is 17.6. The number of quaternary nitrogens is 1. The van der Waals surface area contributed by atoms with E-state index in [4.69, 9.17) is 9.72 Å². The van der Waals surface area contributed by atoms with Crippen molar-refractivity contribution in [3.8, 4) is 0 Å². The van der Waals surface area contributed by atoms with Crippen molar-refractivity contribution >= 4 is 21.6 Å². The molecule has 0 unspecified atom stereocenters. The predicted octanol–water partition coefficient (Wildman–Crippen LogP) is 2.16. The Morgan fingerprint density at radius 2 is 2.33 bits per heavy atom. The lowest BCUT2D eigenvalue weighted by atomic mass is 9.89. The lowest BCUT2D eigenvalue weighted by molar-refractivity contribution is -0.694. The largest absolute Gasteiger partial charge is 0.382 e. The second-order valence-corrected chi connectivity index (χ2v) is 7.93. The first-order chi connectivity index (χ1) is 11.6. The van der Waals surface area contributed by atoms with Gasteiger partial charge in [0.15, 0.2) is 5.82 Å². The van der Waals surface area contributed by atoms with Crippen LogP contribution in [0.25, 0.3) is 10.2 Å². The van der Waals surface area contributed by atoms with Crippen molar-refractivity contribution in [2.24, 2.45) is 5.92 Å². The summed E-state index contributed by atoms with van der Waals surface area (Å²) < 4.78 is 5.36. The van der Waals surface area contributed by atoms with Crippen LogP contribution in [-0.4, -0.2) is 29.7 Å². The third-order valence-electron chi connectivity index (χ3n) is 4.83. The van der Waals surface area contributed by atoms with Gasteiger partial charge in [-0.25, -0.2) is 4.98 Å². The van der Waals surface area contributed by atoms with E-state index in [0.29, 0.717) is 5.92 Å². The predicted molar refractivity (Wildman–Crippen MR) is 97.7 cm³/mol. The Kier molecular flexibility index (Phi) is 5.69. The number of aromatic amines is 1. The van der Waals surface area contributed by atoms with E-state index in [1.165, 1.54) is 16.9 Å². The fourth-order valence-corrected chi connectivity index (χ4v) is 4.78. The molecule has 3 N–H and O–H groups in total. The molecule has 0 aliphatic heterocycles. The molecule has 0 saturated carbocycles. The van der Waals surface area contributed by atoms with Crippen molar-refractivity contribution in [1.82, 2.24) is 9.97 Å². The van der Waals surface area contributed by atoms with Crippen LogP contribution in [0.5, 0.6) is 0 Å². The van der Waals surface area contributed by atoms with Gasteiger partial charge in [0, 0.05) is 17.9 Å². The van der Waals surface area contributed by atoms with Crippen LogP contribution in [0.3, 0.4) is 0 Å². The molecule has 1 aliphatic carbocycles. The molecule has 3 rings (SSSR count). The standard InChI is InChI=1S/C18H27N3O2S/c1-4-23-9-5-8-19-12(3)16-20-17(22)15-13-7-6-11(2)10-14(13)24-18(15)21-16/h11-12,19H,4-10H2,1-3H3,(H,20,21,22)/p+1/t11-,12-/m0/s1.